The number of thiazole rings is 1. The van der Waals surface area contributed by atoms with Crippen molar-refractivity contribution in [3.63, 3.8) is 0 Å². The van der Waals surface area contributed by atoms with Gasteiger partial charge in [-0.15, -0.1) is 11.3 Å². The molecule has 1 fully saturated rings. The van der Waals surface area contributed by atoms with Crippen LogP contribution in [-0.4, -0.2) is 33.4 Å². The van der Waals surface area contributed by atoms with Crippen molar-refractivity contribution < 1.29 is 4.79 Å². The maximum atomic E-state index is 14.7. The molecule has 0 spiro atoms. The molecule has 4 aromatic rings. The highest BCUT2D eigenvalue weighted by molar-refractivity contribution is 7.13. The number of amides is 1. The predicted octanol–water partition coefficient (Wildman–Crippen LogP) is 8.21. The van der Waals surface area contributed by atoms with Crippen LogP contribution in [0.15, 0.2) is 64.3 Å². The van der Waals surface area contributed by atoms with E-state index in [-0.39, 0.29) is 17.4 Å². The third kappa shape index (κ3) is 6.22. The minimum absolute atomic E-state index is 0.177. The Hall–Kier alpha value is -3.99. The first-order valence-corrected chi connectivity index (χ1v) is 16.0. The molecule has 8 heteroatoms. The van der Waals surface area contributed by atoms with Crippen molar-refractivity contribution >= 4 is 34.9 Å². The molecular formula is C35H35ClN4O2S. The summed E-state index contributed by atoms with van der Waals surface area (Å²) in [6.45, 7) is 9.04. The standard InChI is InChI=1S/C35H35ClN4O2S/c1-5-24-10-7-11-25(6-2)32(24)40-31(17-22(3)4)28(34(41)39-16-8-9-23(19-37)20-39)18-29(35(40)42)33-38-30(21-43-33)26-12-14-27(36)15-13-26/h7,10-15,17-18,21,23H,5-6,8-9,16,20H2,1-4H3. The Bertz CT molecular complexity index is 1770. The normalized spacial score (nSPS) is 14.8. The van der Waals surface area contributed by atoms with Crippen molar-refractivity contribution in [2.75, 3.05) is 13.1 Å². The van der Waals surface area contributed by atoms with Crippen LogP contribution >= 0.6 is 22.9 Å². The highest BCUT2D eigenvalue weighted by Crippen LogP contribution is 2.32. The molecule has 0 bridgehead atoms. The van der Waals surface area contributed by atoms with E-state index in [1.165, 1.54) is 11.3 Å². The molecule has 0 aliphatic carbocycles. The second-order valence-electron chi connectivity index (χ2n) is 11.1. The molecule has 1 aliphatic rings. The molecule has 2 aromatic carbocycles. The van der Waals surface area contributed by atoms with Gasteiger partial charge in [0.2, 0.25) is 0 Å². The van der Waals surface area contributed by atoms with Crippen LogP contribution in [0.4, 0.5) is 0 Å². The Morgan fingerprint density at radius 2 is 1.84 bits per heavy atom. The van der Waals surface area contributed by atoms with Gasteiger partial charge in [-0.2, -0.15) is 5.26 Å². The molecular weight excluding hydrogens is 576 g/mol. The van der Waals surface area contributed by atoms with Crippen LogP contribution < -0.4 is 5.56 Å². The number of hydrogen-bond acceptors (Lipinski definition) is 5. The van der Waals surface area contributed by atoms with E-state index in [4.69, 9.17) is 16.6 Å². The van der Waals surface area contributed by atoms with E-state index < -0.39 is 0 Å². The summed E-state index contributed by atoms with van der Waals surface area (Å²) in [7, 11) is 0. The fraction of sp³-hybridized carbons (Fsp3) is 0.314. The smallest absolute Gasteiger partial charge is 0.265 e. The fourth-order valence-corrected chi connectivity index (χ4v) is 6.65. The largest absolute Gasteiger partial charge is 0.337 e. The molecule has 5 rings (SSSR count). The second kappa shape index (κ2) is 13.1. The lowest BCUT2D eigenvalue weighted by Gasteiger charge is -2.31. The average Bonchev–Trinajstić information content (AvgIpc) is 3.51. The van der Waals surface area contributed by atoms with Crippen molar-refractivity contribution in [3.8, 4) is 33.6 Å². The zero-order chi connectivity index (χ0) is 30.7. The van der Waals surface area contributed by atoms with E-state index >= 15 is 0 Å². The molecule has 1 unspecified atom stereocenters. The van der Waals surface area contributed by atoms with Crippen LogP contribution in [0.5, 0.6) is 0 Å². The number of carbonyl (C=O) groups is 1. The van der Waals surface area contributed by atoms with Crippen LogP contribution in [0.25, 0.3) is 33.6 Å². The van der Waals surface area contributed by atoms with Gasteiger partial charge >= 0.3 is 0 Å². The maximum Gasteiger partial charge on any atom is 0.265 e. The van der Waals surface area contributed by atoms with Gasteiger partial charge in [-0.3, -0.25) is 14.2 Å². The topological polar surface area (TPSA) is 79.0 Å². The molecule has 0 radical (unpaired) electrons. The fourth-order valence-electron chi connectivity index (χ4n) is 5.68. The molecule has 3 heterocycles. The van der Waals surface area contributed by atoms with Gasteiger partial charge in [-0.1, -0.05) is 61.4 Å². The molecule has 2 aromatic heterocycles. The Balaban J connectivity index is 1.81. The van der Waals surface area contributed by atoms with Crippen molar-refractivity contribution in [2.45, 2.75) is 53.4 Å². The van der Waals surface area contributed by atoms with E-state index in [0.29, 0.717) is 39.9 Å². The number of aryl methyl sites for hydroxylation is 2. The van der Waals surface area contributed by atoms with Crippen LogP contribution in [0.2, 0.25) is 5.02 Å². The zero-order valence-electron chi connectivity index (χ0n) is 25.0. The second-order valence-corrected chi connectivity index (χ2v) is 12.4. The predicted molar refractivity (Wildman–Crippen MR) is 176 cm³/mol. The number of pyridine rings is 1. The van der Waals surface area contributed by atoms with Crippen molar-refractivity contribution in [2.24, 2.45) is 5.92 Å². The minimum atomic E-state index is -0.217. The van der Waals surface area contributed by atoms with Gasteiger partial charge in [0, 0.05) is 29.1 Å². The monoisotopic (exact) mass is 610 g/mol. The molecule has 1 aliphatic heterocycles. The van der Waals surface area contributed by atoms with Crippen molar-refractivity contribution in [3.05, 3.63) is 97.2 Å². The van der Waals surface area contributed by atoms with E-state index in [0.717, 1.165) is 59.3 Å². The van der Waals surface area contributed by atoms with Gasteiger partial charge < -0.3 is 4.90 Å². The van der Waals surface area contributed by atoms with Crippen molar-refractivity contribution in [1.29, 1.82) is 5.26 Å². The third-order valence-electron chi connectivity index (χ3n) is 7.85. The number of halogens is 1. The highest BCUT2D eigenvalue weighted by Gasteiger charge is 2.29. The zero-order valence-corrected chi connectivity index (χ0v) is 26.6. The van der Waals surface area contributed by atoms with Gasteiger partial charge in [0.1, 0.15) is 5.01 Å². The number of aromatic nitrogens is 2. The molecule has 6 nitrogen and oxygen atoms in total. The van der Waals surface area contributed by atoms with Crippen LogP contribution in [0.3, 0.4) is 0 Å². The lowest BCUT2D eigenvalue weighted by molar-refractivity contribution is 0.0698. The quantitative estimate of drug-likeness (QED) is 0.211. The summed E-state index contributed by atoms with van der Waals surface area (Å²) in [6, 6.07) is 17.6. The Labute approximate surface area is 261 Å². The number of nitrogens with zero attached hydrogens (tertiary/aromatic N) is 4. The van der Waals surface area contributed by atoms with Gasteiger partial charge in [-0.25, -0.2) is 4.98 Å². The third-order valence-corrected chi connectivity index (χ3v) is 8.98. The molecule has 1 atom stereocenters. The molecule has 0 N–H and O–H groups in total. The Kier molecular flexibility index (Phi) is 9.29. The summed E-state index contributed by atoms with van der Waals surface area (Å²) in [4.78, 5) is 35.6. The Morgan fingerprint density at radius 1 is 1.14 bits per heavy atom. The summed E-state index contributed by atoms with van der Waals surface area (Å²) < 4.78 is 1.74. The Morgan fingerprint density at radius 3 is 2.47 bits per heavy atom. The number of allylic oxidation sites excluding steroid dienone is 1. The SMILES string of the molecule is CCc1cccc(CC)c1-n1c(C=C(C)C)c(C(=O)N2CCCC(C#N)C2)cc(-c2nc(-c3ccc(Cl)cc3)cs2)c1=O. The summed E-state index contributed by atoms with van der Waals surface area (Å²) in [5.74, 6) is -0.382. The number of likely N-dealkylation sites (tertiary alicyclic amines) is 1. The van der Waals surface area contributed by atoms with E-state index in [1.54, 1.807) is 15.5 Å². The number of piperidine rings is 1. The first kappa shape index (κ1) is 30.5. The average molecular weight is 611 g/mol. The van der Waals surface area contributed by atoms with E-state index in [1.807, 2.05) is 67.8 Å². The van der Waals surface area contributed by atoms with E-state index in [9.17, 15) is 14.9 Å². The molecule has 0 saturated carbocycles. The van der Waals surface area contributed by atoms with Crippen LogP contribution in [-0.2, 0) is 12.8 Å². The number of rotatable bonds is 7. The molecule has 1 amide bonds. The number of hydrogen-bond donors (Lipinski definition) is 0. The van der Waals surface area contributed by atoms with E-state index in [2.05, 4.69) is 19.9 Å². The summed E-state index contributed by atoms with van der Waals surface area (Å²) in [6.07, 6.45) is 4.93. The highest BCUT2D eigenvalue weighted by atomic mass is 35.5. The summed E-state index contributed by atoms with van der Waals surface area (Å²) in [5.41, 5.74) is 6.64. The van der Waals surface area contributed by atoms with Gasteiger partial charge in [-0.05, 0) is 74.9 Å². The molecule has 43 heavy (non-hydrogen) atoms. The van der Waals surface area contributed by atoms with Crippen LogP contribution in [0.1, 0.15) is 67.7 Å². The van der Waals surface area contributed by atoms with Crippen LogP contribution in [0, 0.1) is 17.2 Å². The number of carbonyl (C=O) groups excluding carboxylic acids is 1. The number of para-hydroxylation sites is 1. The van der Waals surface area contributed by atoms with Gasteiger partial charge in [0.25, 0.3) is 11.5 Å². The lowest BCUT2D eigenvalue weighted by Crippen LogP contribution is -2.40. The number of nitriles is 1. The van der Waals surface area contributed by atoms with Gasteiger partial charge in [0.05, 0.1) is 40.2 Å². The first-order valence-electron chi connectivity index (χ1n) is 14.7. The van der Waals surface area contributed by atoms with Crippen molar-refractivity contribution in [1.82, 2.24) is 14.5 Å². The summed E-state index contributed by atoms with van der Waals surface area (Å²) >= 11 is 7.48. The lowest BCUT2D eigenvalue weighted by atomic mass is 9.97. The molecule has 1 saturated heterocycles. The van der Waals surface area contributed by atoms with Gasteiger partial charge in [0.15, 0.2) is 0 Å². The minimum Gasteiger partial charge on any atom is -0.337 e. The number of benzene rings is 2. The molecule has 220 valence electrons. The first-order chi connectivity index (χ1) is 20.7. The summed E-state index contributed by atoms with van der Waals surface area (Å²) in [5, 5.41) is 12.7. The maximum absolute atomic E-state index is 14.7.